The molecule has 1 aromatic carbocycles. The predicted octanol–water partition coefficient (Wildman–Crippen LogP) is 1.29. The summed E-state index contributed by atoms with van der Waals surface area (Å²) in [5.41, 5.74) is 0.784. The van der Waals surface area contributed by atoms with Gasteiger partial charge in [0.25, 0.3) is 0 Å². The molecule has 100 valence electrons. The molecule has 3 nitrogen and oxygen atoms in total. The van der Waals surface area contributed by atoms with E-state index in [-0.39, 0.29) is 11.9 Å². The maximum atomic E-state index is 13.4. The summed E-state index contributed by atoms with van der Waals surface area (Å²) < 4.78 is 19.1. The first-order chi connectivity index (χ1) is 8.75. The van der Waals surface area contributed by atoms with Crippen LogP contribution in [0, 0.1) is 5.82 Å². The molecule has 1 atom stereocenters. The molecule has 1 unspecified atom stereocenters. The van der Waals surface area contributed by atoms with Gasteiger partial charge >= 0.3 is 0 Å². The summed E-state index contributed by atoms with van der Waals surface area (Å²) in [5.74, 6) is -0.110. The van der Waals surface area contributed by atoms with Crippen LogP contribution in [0.1, 0.15) is 5.56 Å². The number of benzene rings is 1. The van der Waals surface area contributed by atoms with Crippen molar-refractivity contribution in [1.82, 2.24) is 10.2 Å². The van der Waals surface area contributed by atoms with Crippen LogP contribution in [0.5, 0.6) is 0 Å². The summed E-state index contributed by atoms with van der Waals surface area (Å²) in [5, 5.41) is 3.31. The van der Waals surface area contributed by atoms with E-state index < -0.39 is 0 Å². The minimum Gasteiger partial charge on any atom is -0.374 e. The monoisotopic (exact) mass is 252 g/mol. The molecule has 1 saturated heterocycles. The molecule has 1 N–H and O–H groups in total. The highest BCUT2D eigenvalue weighted by Crippen LogP contribution is 2.08. The standard InChI is InChI=1S/C14H21FN2O/c1-17(11-13-10-16-7-9-18-13)8-6-12-4-2-3-5-14(12)15/h2-5,13,16H,6-11H2,1H3. The maximum absolute atomic E-state index is 13.4. The topological polar surface area (TPSA) is 24.5 Å². The summed E-state index contributed by atoms with van der Waals surface area (Å²) in [4.78, 5) is 2.20. The molecule has 1 fully saturated rings. The fourth-order valence-electron chi connectivity index (χ4n) is 2.19. The number of hydrogen-bond donors (Lipinski definition) is 1. The maximum Gasteiger partial charge on any atom is 0.126 e. The molecule has 0 amide bonds. The van der Waals surface area contributed by atoms with Crippen LogP contribution in [-0.2, 0) is 11.2 Å². The highest BCUT2D eigenvalue weighted by Gasteiger charge is 2.15. The van der Waals surface area contributed by atoms with E-state index >= 15 is 0 Å². The second-order valence-electron chi connectivity index (χ2n) is 4.80. The van der Waals surface area contributed by atoms with Crippen molar-refractivity contribution in [2.24, 2.45) is 0 Å². The number of nitrogens with one attached hydrogen (secondary N) is 1. The van der Waals surface area contributed by atoms with E-state index in [1.165, 1.54) is 6.07 Å². The summed E-state index contributed by atoms with van der Waals surface area (Å²) in [6, 6.07) is 6.97. The SMILES string of the molecule is CN(CCc1ccccc1F)CC1CNCCO1. The molecular formula is C14H21FN2O. The molecule has 4 heteroatoms. The van der Waals surface area contributed by atoms with Gasteiger partial charge in [-0.05, 0) is 25.1 Å². The van der Waals surface area contributed by atoms with Gasteiger partial charge in [-0.3, -0.25) is 0 Å². The van der Waals surface area contributed by atoms with Crippen LogP contribution in [0.3, 0.4) is 0 Å². The van der Waals surface area contributed by atoms with Crippen LogP contribution in [0.2, 0.25) is 0 Å². The van der Waals surface area contributed by atoms with Crippen molar-refractivity contribution in [3.63, 3.8) is 0 Å². The zero-order valence-electron chi connectivity index (χ0n) is 10.9. The Morgan fingerprint density at radius 3 is 3.00 bits per heavy atom. The Labute approximate surface area is 108 Å². The fourth-order valence-corrected chi connectivity index (χ4v) is 2.19. The molecule has 18 heavy (non-hydrogen) atoms. The van der Waals surface area contributed by atoms with Gasteiger partial charge in [0.1, 0.15) is 5.82 Å². The van der Waals surface area contributed by atoms with Gasteiger partial charge in [-0.2, -0.15) is 0 Å². The molecular weight excluding hydrogens is 231 g/mol. The second kappa shape index (κ2) is 6.83. The zero-order valence-corrected chi connectivity index (χ0v) is 10.9. The molecule has 0 bridgehead atoms. The average Bonchev–Trinajstić information content (AvgIpc) is 2.39. The van der Waals surface area contributed by atoms with Crippen LogP contribution in [0.15, 0.2) is 24.3 Å². The Hall–Kier alpha value is -0.970. The Balaban J connectivity index is 1.74. The van der Waals surface area contributed by atoms with Crippen molar-refractivity contribution in [3.05, 3.63) is 35.6 Å². The van der Waals surface area contributed by atoms with E-state index in [1.807, 2.05) is 12.1 Å². The van der Waals surface area contributed by atoms with Crippen molar-refractivity contribution < 1.29 is 9.13 Å². The number of ether oxygens (including phenoxy) is 1. The first-order valence-corrected chi connectivity index (χ1v) is 6.50. The van der Waals surface area contributed by atoms with Crippen LogP contribution >= 0.6 is 0 Å². The number of nitrogens with zero attached hydrogens (tertiary/aromatic N) is 1. The minimum atomic E-state index is -0.110. The van der Waals surface area contributed by atoms with Gasteiger partial charge in [0.05, 0.1) is 12.7 Å². The summed E-state index contributed by atoms with van der Waals surface area (Å²) in [6.45, 7) is 4.37. The van der Waals surface area contributed by atoms with Crippen LogP contribution in [-0.4, -0.2) is 50.8 Å². The van der Waals surface area contributed by atoms with Gasteiger partial charge in [0.2, 0.25) is 0 Å². The molecule has 1 aliphatic heterocycles. The zero-order chi connectivity index (χ0) is 12.8. The van der Waals surface area contributed by atoms with Crippen LogP contribution in [0.4, 0.5) is 4.39 Å². The first-order valence-electron chi connectivity index (χ1n) is 6.50. The second-order valence-corrected chi connectivity index (χ2v) is 4.80. The Bertz CT molecular complexity index is 367. The third-order valence-electron chi connectivity index (χ3n) is 3.24. The normalized spacial score (nSPS) is 20.3. The van der Waals surface area contributed by atoms with E-state index in [2.05, 4.69) is 17.3 Å². The van der Waals surface area contributed by atoms with E-state index in [1.54, 1.807) is 6.07 Å². The molecule has 0 aliphatic carbocycles. The quantitative estimate of drug-likeness (QED) is 0.854. The summed E-state index contributed by atoms with van der Waals surface area (Å²) >= 11 is 0. The lowest BCUT2D eigenvalue weighted by Crippen LogP contribution is -2.44. The fraction of sp³-hybridized carbons (Fsp3) is 0.571. The molecule has 0 spiro atoms. The average molecular weight is 252 g/mol. The van der Waals surface area contributed by atoms with Crippen molar-refractivity contribution in [2.45, 2.75) is 12.5 Å². The summed E-state index contributed by atoms with van der Waals surface area (Å²) in [7, 11) is 2.05. The first kappa shape index (κ1) is 13.5. The third kappa shape index (κ3) is 4.05. The predicted molar refractivity (Wildman–Crippen MR) is 70.2 cm³/mol. The number of halogens is 1. The number of likely N-dealkylation sites (N-methyl/N-ethyl adjacent to an activating group) is 1. The van der Waals surface area contributed by atoms with Gasteiger partial charge in [-0.15, -0.1) is 0 Å². The van der Waals surface area contributed by atoms with Gasteiger partial charge in [0, 0.05) is 26.2 Å². The Morgan fingerprint density at radius 2 is 2.28 bits per heavy atom. The van der Waals surface area contributed by atoms with Gasteiger partial charge < -0.3 is 15.0 Å². The van der Waals surface area contributed by atoms with Crippen molar-refractivity contribution in [1.29, 1.82) is 0 Å². The molecule has 0 saturated carbocycles. The van der Waals surface area contributed by atoms with Gasteiger partial charge in [0.15, 0.2) is 0 Å². The Morgan fingerprint density at radius 1 is 1.44 bits per heavy atom. The lowest BCUT2D eigenvalue weighted by Gasteiger charge is -2.28. The smallest absolute Gasteiger partial charge is 0.126 e. The third-order valence-corrected chi connectivity index (χ3v) is 3.24. The highest BCUT2D eigenvalue weighted by atomic mass is 19.1. The minimum absolute atomic E-state index is 0.110. The number of hydrogen-bond acceptors (Lipinski definition) is 3. The van der Waals surface area contributed by atoms with Crippen LogP contribution in [0.25, 0.3) is 0 Å². The van der Waals surface area contributed by atoms with E-state index in [0.29, 0.717) is 0 Å². The molecule has 0 radical (unpaired) electrons. The van der Waals surface area contributed by atoms with Crippen molar-refractivity contribution in [2.75, 3.05) is 39.8 Å². The molecule has 2 rings (SSSR count). The molecule has 0 aromatic heterocycles. The molecule has 1 heterocycles. The molecule has 1 aromatic rings. The number of morpholine rings is 1. The molecule has 1 aliphatic rings. The summed E-state index contributed by atoms with van der Waals surface area (Å²) in [6.07, 6.45) is 0.993. The lowest BCUT2D eigenvalue weighted by atomic mass is 10.1. The van der Waals surface area contributed by atoms with Gasteiger partial charge in [-0.25, -0.2) is 4.39 Å². The highest BCUT2D eigenvalue weighted by molar-refractivity contribution is 5.17. The van der Waals surface area contributed by atoms with E-state index in [9.17, 15) is 4.39 Å². The van der Waals surface area contributed by atoms with E-state index in [4.69, 9.17) is 4.74 Å². The lowest BCUT2D eigenvalue weighted by molar-refractivity contribution is 0.0102. The Kier molecular flexibility index (Phi) is 5.11. The largest absolute Gasteiger partial charge is 0.374 e. The van der Waals surface area contributed by atoms with Crippen molar-refractivity contribution in [3.8, 4) is 0 Å². The van der Waals surface area contributed by atoms with E-state index in [0.717, 1.165) is 44.8 Å². The number of rotatable bonds is 5. The van der Waals surface area contributed by atoms with Crippen molar-refractivity contribution >= 4 is 0 Å². The van der Waals surface area contributed by atoms with Crippen LogP contribution < -0.4 is 5.32 Å². The van der Waals surface area contributed by atoms with Gasteiger partial charge in [-0.1, -0.05) is 18.2 Å².